The van der Waals surface area contributed by atoms with Crippen molar-refractivity contribution in [2.45, 2.75) is 38.6 Å². The summed E-state index contributed by atoms with van der Waals surface area (Å²) in [6, 6.07) is 7.04. The fraction of sp³-hybridized carbons (Fsp3) is 0.667. The van der Waals surface area contributed by atoms with E-state index in [2.05, 4.69) is 22.0 Å². The Hall–Kier alpha value is -1.46. The van der Waals surface area contributed by atoms with E-state index in [0.717, 1.165) is 65.0 Å². The van der Waals surface area contributed by atoms with Crippen molar-refractivity contribution in [3.63, 3.8) is 0 Å². The van der Waals surface area contributed by atoms with Crippen molar-refractivity contribution in [1.82, 2.24) is 15.1 Å². The van der Waals surface area contributed by atoms with Crippen LogP contribution in [0.5, 0.6) is 0 Å². The maximum Gasteiger partial charge on any atom is 0.225 e. The molecule has 4 aliphatic heterocycles. The van der Waals surface area contributed by atoms with Gasteiger partial charge in [-0.2, -0.15) is 0 Å². The number of hydrogen-bond donors (Lipinski definition) is 1. The number of hydrogen-bond acceptors (Lipinski definition) is 3. The number of benzene rings is 1. The van der Waals surface area contributed by atoms with Crippen LogP contribution in [0.15, 0.2) is 24.3 Å². The van der Waals surface area contributed by atoms with E-state index in [-0.39, 0.29) is 29.1 Å². The summed E-state index contributed by atoms with van der Waals surface area (Å²) < 4.78 is 13.0. The maximum absolute atomic E-state index is 13.0. The van der Waals surface area contributed by atoms with Crippen molar-refractivity contribution in [1.29, 1.82) is 0 Å². The molecule has 4 heterocycles. The lowest BCUT2D eigenvalue weighted by molar-refractivity contribution is -0.137. The predicted molar refractivity (Wildman–Crippen MR) is 100 cm³/mol. The number of carbonyl (C=O) groups is 1. The van der Waals surface area contributed by atoms with Gasteiger partial charge in [-0.25, -0.2) is 4.39 Å². The molecule has 1 aromatic rings. The summed E-state index contributed by atoms with van der Waals surface area (Å²) >= 11 is 0. The summed E-state index contributed by atoms with van der Waals surface area (Å²) in [5.74, 6) is 0.236. The van der Waals surface area contributed by atoms with E-state index in [1.54, 1.807) is 0 Å². The minimum absolute atomic E-state index is 0.151. The Morgan fingerprint density at radius 3 is 2.62 bits per heavy atom. The molecule has 0 aliphatic carbocycles. The van der Waals surface area contributed by atoms with E-state index in [1.807, 2.05) is 12.1 Å². The molecule has 0 saturated carbocycles. The first-order valence-electron chi connectivity index (χ1n) is 10.0. The highest BCUT2D eigenvalue weighted by Gasteiger charge is 2.47. The van der Waals surface area contributed by atoms with Crippen molar-refractivity contribution in [2.24, 2.45) is 11.3 Å². The van der Waals surface area contributed by atoms with E-state index in [4.69, 9.17) is 0 Å². The summed E-state index contributed by atoms with van der Waals surface area (Å²) in [5.41, 5.74) is 1.36. The molecule has 26 heavy (non-hydrogen) atoms. The number of carbonyl (C=O) groups excluding carboxylic acids is 1. The Balaban J connectivity index is 1.25. The molecule has 0 spiro atoms. The first-order chi connectivity index (χ1) is 12.5. The fourth-order valence-corrected chi connectivity index (χ4v) is 4.87. The maximum atomic E-state index is 13.0. The van der Waals surface area contributed by atoms with Gasteiger partial charge in [0.05, 0.1) is 5.92 Å². The molecule has 5 heteroatoms. The first kappa shape index (κ1) is 17.9. The smallest absolute Gasteiger partial charge is 0.225 e. The lowest BCUT2D eigenvalue weighted by Gasteiger charge is -2.51. The predicted octanol–water partition coefficient (Wildman–Crippen LogP) is 2.29. The minimum Gasteiger partial charge on any atom is -0.352 e. The zero-order chi connectivity index (χ0) is 18.1. The molecule has 1 aromatic carbocycles. The van der Waals surface area contributed by atoms with Crippen LogP contribution in [-0.4, -0.2) is 61.0 Å². The van der Waals surface area contributed by atoms with Crippen LogP contribution >= 0.6 is 0 Å². The van der Waals surface area contributed by atoms with Crippen molar-refractivity contribution < 1.29 is 9.18 Å². The second-order valence-electron chi connectivity index (χ2n) is 8.68. The molecule has 2 bridgehead atoms. The molecule has 0 radical (unpaired) electrons. The summed E-state index contributed by atoms with van der Waals surface area (Å²) in [6.45, 7) is 8.47. The van der Waals surface area contributed by atoms with Crippen molar-refractivity contribution in [2.75, 3.05) is 39.3 Å². The molecule has 1 amide bonds. The molecule has 4 fully saturated rings. The molecule has 2 atom stereocenters. The highest BCUT2D eigenvalue weighted by atomic mass is 19.1. The van der Waals surface area contributed by atoms with Gasteiger partial charge in [-0.3, -0.25) is 4.79 Å². The highest BCUT2D eigenvalue weighted by molar-refractivity contribution is 5.80. The first-order valence-corrected chi connectivity index (χ1v) is 10.0. The van der Waals surface area contributed by atoms with Gasteiger partial charge in [0.2, 0.25) is 5.91 Å². The molecule has 4 saturated heterocycles. The Labute approximate surface area is 155 Å². The summed E-state index contributed by atoms with van der Waals surface area (Å²) in [6.07, 6.45) is 4.26. The van der Waals surface area contributed by atoms with E-state index in [1.165, 1.54) is 17.7 Å². The van der Waals surface area contributed by atoms with E-state index < -0.39 is 0 Å². The van der Waals surface area contributed by atoms with Crippen LogP contribution in [0.25, 0.3) is 0 Å². The average Bonchev–Trinajstić information content (AvgIpc) is 3.09. The third kappa shape index (κ3) is 3.79. The molecule has 0 aromatic heterocycles. The van der Waals surface area contributed by atoms with Gasteiger partial charge >= 0.3 is 0 Å². The van der Waals surface area contributed by atoms with Crippen LogP contribution in [0, 0.1) is 17.2 Å². The highest BCUT2D eigenvalue weighted by Crippen LogP contribution is 2.43. The second-order valence-corrected chi connectivity index (χ2v) is 8.68. The summed E-state index contributed by atoms with van der Waals surface area (Å²) in [4.78, 5) is 17.7. The van der Waals surface area contributed by atoms with Crippen LogP contribution in [0.3, 0.4) is 0 Å². The topological polar surface area (TPSA) is 35.6 Å². The molecule has 142 valence electrons. The number of nitrogens with zero attached hydrogens (tertiary/aromatic N) is 2. The largest absolute Gasteiger partial charge is 0.352 e. The van der Waals surface area contributed by atoms with Crippen LogP contribution < -0.4 is 5.32 Å². The van der Waals surface area contributed by atoms with Gasteiger partial charge in [0.1, 0.15) is 5.82 Å². The SMILES string of the molecule is CC12CCN(CC1)C[C@H]2C(=O)NC1CCN(CCc2ccc(F)cc2)C1. The molecular weight excluding hydrogens is 329 g/mol. The zero-order valence-electron chi connectivity index (χ0n) is 15.7. The number of fused-ring (bicyclic) bond motifs is 3. The fourth-order valence-electron chi connectivity index (χ4n) is 4.87. The van der Waals surface area contributed by atoms with E-state index in [0.29, 0.717) is 0 Å². The lowest BCUT2D eigenvalue weighted by atomic mass is 9.66. The van der Waals surface area contributed by atoms with Gasteiger partial charge in [0, 0.05) is 32.2 Å². The van der Waals surface area contributed by atoms with Crippen LogP contribution in [0.2, 0.25) is 0 Å². The quantitative estimate of drug-likeness (QED) is 0.876. The van der Waals surface area contributed by atoms with Crippen LogP contribution in [0.1, 0.15) is 31.7 Å². The van der Waals surface area contributed by atoms with Crippen molar-refractivity contribution >= 4 is 5.91 Å². The number of piperidine rings is 3. The van der Waals surface area contributed by atoms with Gasteiger partial charge in [-0.1, -0.05) is 19.1 Å². The van der Waals surface area contributed by atoms with Gasteiger partial charge in [-0.15, -0.1) is 0 Å². The second kappa shape index (κ2) is 7.28. The summed E-state index contributed by atoms with van der Waals surface area (Å²) in [5, 5.41) is 3.34. The lowest BCUT2D eigenvalue weighted by Crippen LogP contribution is -2.58. The number of amides is 1. The molecule has 4 nitrogen and oxygen atoms in total. The minimum atomic E-state index is -0.181. The van der Waals surface area contributed by atoms with Crippen LogP contribution in [-0.2, 0) is 11.2 Å². The monoisotopic (exact) mass is 359 g/mol. The number of likely N-dealkylation sites (tertiary alicyclic amines) is 1. The Kier molecular flexibility index (Phi) is 5.02. The Morgan fingerprint density at radius 1 is 1.19 bits per heavy atom. The van der Waals surface area contributed by atoms with E-state index >= 15 is 0 Å². The molecule has 1 unspecified atom stereocenters. The van der Waals surface area contributed by atoms with Crippen molar-refractivity contribution in [3.05, 3.63) is 35.6 Å². The number of nitrogens with one attached hydrogen (secondary N) is 1. The van der Waals surface area contributed by atoms with Gasteiger partial charge in [-0.05, 0) is 61.9 Å². The third-order valence-corrected chi connectivity index (χ3v) is 6.85. The Morgan fingerprint density at radius 2 is 1.92 bits per heavy atom. The normalized spacial score (nSPS) is 34.2. The number of rotatable bonds is 5. The summed E-state index contributed by atoms with van der Waals surface area (Å²) in [7, 11) is 0. The molecular formula is C21H30FN3O. The molecule has 1 N–H and O–H groups in total. The third-order valence-electron chi connectivity index (χ3n) is 6.85. The molecule has 5 rings (SSSR count). The average molecular weight is 359 g/mol. The number of halogens is 1. The van der Waals surface area contributed by atoms with Crippen molar-refractivity contribution in [3.8, 4) is 0 Å². The van der Waals surface area contributed by atoms with Gasteiger partial charge < -0.3 is 15.1 Å². The standard InChI is InChI=1S/C21H30FN3O/c1-21-8-12-25(13-9-21)15-19(21)20(26)23-18-7-11-24(14-18)10-6-16-2-4-17(22)5-3-16/h2-5,18-19H,6-15H2,1H3,(H,23,26)/t18?,19-/m0/s1. The van der Waals surface area contributed by atoms with Gasteiger partial charge in [0.25, 0.3) is 0 Å². The van der Waals surface area contributed by atoms with Gasteiger partial charge in [0.15, 0.2) is 0 Å². The van der Waals surface area contributed by atoms with Crippen LogP contribution in [0.4, 0.5) is 4.39 Å². The zero-order valence-corrected chi connectivity index (χ0v) is 15.7. The molecule has 4 aliphatic rings. The Bertz CT molecular complexity index is 639. The van der Waals surface area contributed by atoms with E-state index in [9.17, 15) is 9.18 Å².